The van der Waals surface area contributed by atoms with Gasteiger partial charge in [0.1, 0.15) is 30.2 Å². The van der Waals surface area contributed by atoms with Crippen molar-refractivity contribution in [2.45, 2.75) is 102 Å². The Bertz CT molecular complexity index is 1200. The van der Waals surface area contributed by atoms with Crippen LogP contribution in [0.15, 0.2) is 4.99 Å². The van der Waals surface area contributed by atoms with E-state index >= 15 is 0 Å². The van der Waals surface area contributed by atoms with E-state index in [0.29, 0.717) is 24.4 Å². The van der Waals surface area contributed by atoms with Crippen molar-refractivity contribution in [2.24, 2.45) is 22.2 Å². The first kappa shape index (κ1) is 44.4. The maximum atomic E-state index is 13.5. The summed E-state index contributed by atoms with van der Waals surface area (Å²) in [6, 6.07) is -6.68. The topological polar surface area (TPSA) is 343 Å². The normalized spacial score (nSPS) is 14.3. The van der Waals surface area contributed by atoms with Gasteiger partial charge >= 0.3 is 5.97 Å². The molecule has 0 saturated heterocycles. The van der Waals surface area contributed by atoms with Gasteiger partial charge in [-0.2, -0.15) is 0 Å². The van der Waals surface area contributed by atoms with E-state index in [9.17, 15) is 43.8 Å². The second kappa shape index (κ2) is 23.7. The minimum Gasteiger partial charge on any atom is -0.481 e. The molecule has 0 aliphatic heterocycles. The summed E-state index contributed by atoms with van der Waals surface area (Å²) in [4.78, 5) is 90.4. The highest BCUT2D eigenvalue weighted by Gasteiger charge is 2.32. The van der Waals surface area contributed by atoms with Gasteiger partial charge in [-0.05, 0) is 46.0 Å². The Balaban J connectivity index is 5.97. The fraction of sp³-hybridized carbons (Fsp3) is 0.679. The van der Waals surface area contributed by atoms with Crippen molar-refractivity contribution in [2.75, 3.05) is 19.7 Å². The number of guanidine groups is 1. The van der Waals surface area contributed by atoms with Gasteiger partial charge in [-0.3, -0.25) is 38.6 Å². The Morgan fingerprint density at radius 2 is 1.29 bits per heavy atom. The van der Waals surface area contributed by atoms with Crippen molar-refractivity contribution in [3.8, 4) is 0 Å². The number of nitrogens with one attached hydrogen (secondary N) is 6. The molecule has 20 nitrogen and oxygen atoms in total. The third-order valence-electron chi connectivity index (χ3n) is 6.73. The number of unbranched alkanes of at least 4 members (excludes halogenated alkanes) is 1. The molecule has 0 saturated carbocycles. The Kier molecular flexibility index (Phi) is 21.4. The first-order chi connectivity index (χ1) is 22.9. The number of aliphatic carboxylic acids is 1. The largest absolute Gasteiger partial charge is 0.481 e. The van der Waals surface area contributed by atoms with E-state index in [4.69, 9.17) is 34.5 Å². The van der Waals surface area contributed by atoms with E-state index in [1.807, 2.05) is 0 Å². The zero-order valence-corrected chi connectivity index (χ0v) is 28.6. The fourth-order valence-corrected chi connectivity index (χ4v) is 4.34. The van der Waals surface area contributed by atoms with Gasteiger partial charge in [-0.1, -0.05) is 12.2 Å². The number of thiocarbonyl (C=S) groups is 1. The maximum absolute atomic E-state index is 13.5. The first-order valence-electron chi connectivity index (χ1n) is 15.5. The van der Waals surface area contributed by atoms with Crippen molar-refractivity contribution in [3.63, 3.8) is 0 Å². The van der Waals surface area contributed by atoms with Crippen LogP contribution in [0.5, 0.6) is 0 Å². The highest BCUT2D eigenvalue weighted by atomic mass is 32.1. The third kappa shape index (κ3) is 19.7. The number of amides is 6. The van der Waals surface area contributed by atoms with Gasteiger partial charge in [-0.25, -0.2) is 0 Å². The van der Waals surface area contributed by atoms with Crippen LogP contribution in [-0.4, -0.2) is 124 Å². The number of nitrogens with two attached hydrogens (primary N) is 3. The van der Waals surface area contributed by atoms with Gasteiger partial charge in [0.05, 0.1) is 24.1 Å². The number of aliphatic hydroxyl groups excluding tert-OH is 2. The number of hydrogen-bond donors (Lipinski definition) is 12. The lowest BCUT2D eigenvalue weighted by atomic mass is 10.0. The molecule has 0 aliphatic rings. The lowest BCUT2D eigenvalue weighted by molar-refractivity contribution is -0.137. The summed E-state index contributed by atoms with van der Waals surface area (Å²) in [5.41, 5.74) is 15.9. The Morgan fingerprint density at radius 1 is 0.755 bits per heavy atom. The van der Waals surface area contributed by atoms with Gasteiger partial charge in [0.15, 0.2) is 5.96 Å². The van der Waals surface area contributed by atoms with Crippen LogP contribution in [0.2, 0.25) is 0 Å². The lowest BCUT2D eigenvalue weighted by Crippen LogP contribution is -2.60. The first-order valence-corrected chi connectivity index (χ1v) is 15.9. The van der Waals surface area contributed by atoms with Crippen LogP contribution >= 0.6 is 12.2 Å². The standard InChI is InChI=1S/C28H50N10O10S/c1-14(34-16(3)41)24(45)35-18(8-6-12-33-28(30)31)25(46)36-17(7-4-5-11-32-20(49)9-10-21(42)43)26(47)37-19(13-39)27(48)38-22(15(2)40)23(29)44/h14-15,17-19,22,39-40H,4-13H2,1-3H3,(H2,29,44)(H,32,49)(H,34,41)(H,35,45)(H,36,46)(H,37,47)(H,38,48)(H,42,43)(H4,30,31,33)/t14-,15+,17-,18-,19-,22-/m0/s1. The number of carbonyl (C=O) groups is 7. The Labute approximate surface area is 289 Å². The summed E-state index contributed by atoms with van der Waals surface area (Å²) in [6.45, 7) is 3.32. The Morgan fingerprint density at radius 3 is 1.78 bits per heavy atom. The van der Waals surface area contributed by atoms with Crippen molar-refractivity contribution in [1.82, 2.24) is 31.9 Å². The number of nitrogens with zero attached hydrogens (tertiary/aromatic N) is 1. The smallest absolute Gasteiger partial charge is 0.303 e. The van der Waals surface area contributed by atoms with E-state index < -0.39 is 84.3 Å². The number of primary amides is 1. The van der Waals surface area contributed by atoms with E-state index in [2.05, 4.69) is 36.9 Å². The average Bonchev–Trinajstić information content (AvgIpc) is 3.00. The number of rotatable bonds is 24. The molecule has 0 radical (unpaired) electrons. The maximum Gasteiger partial charge on any atom is 0.303 e. The second-order valence-electron chi connectivity index (χ2n) is 11.1. The highest BCUT2D eigenvalue weighted by Crippen LogP contribution is 2.07. The zero-order chi connectivity index (χ0) is 37.7. The summed E-state index contributed by atoms with van der Waals surface area (Å²) in [7, 11) is 0. The zero-order valence-electron chi connectivity index (χ0n) is 27.8. The number of aliphatic imine (C=N–C) groups is 1. The molecule has 0 heterocycles. The molecule has 0 bridgehead atoms. The number of hydrogen-bond acceptors (Lipinski definition) is 11. The molecule has 0 spiro atoms. The van der Waals surface area contributed by atoms with E-state index in [1.165, 1.54) is 20.8 Å². The molecular weight excluding hydrogens is 668 g/mol. The molecule has 0 unspecified atom stereocenters. The summed E-state index contributed by atoms with van der Waals surface area (Å²) < 4.78 is 0. The Hall–Kier alpha value is -4.63. The van der Waals surface area contributed by atoms with Crippen LogP contribution in [0.3, 0.4) is 0 Å². The van der Waals surface area contributed by atoms with Gasteiger partial charge in [0.2, 0.25) is 35.4 Å². The third-order valence-corrected chi connectivity index (χ3v) is 7.08. The number of carboxylic acids is 1. The van der Waals surface area contributed by atoms with Crippen LogP contribution in [-0.2, 0) is 33.6 Å². The molecule has 0 aromatic carbocycles. The van der Waals surface area contributed by atoms with Crippen LogP contribution < -0.4 is 49.1 Å². The predicted octanol–water partition coefficient (Wildman–Crippen LogP) is -4.69. The molecule has 0 fully saturated rings. The predicted molar refractivity (Wildman–Crippen MR) is 180 cm³/mol. The fourth-order valence-electron chi connectivity index (χ4n) is 4.14. The summed E-state index contributed by atoms with van der Waals surface area (Å²) in [5.74, 6) is -6.17. The molecule has 0 rings (SSSR count). The van der Waals surface area contributed by atoms with Crippen molar-refractivity contribution in [1.29, 1.82) is 0 Å². The van der Waals surface area contributed by atoms with Crippen LogP contribution in [0.1, 0.15) is 65.7 Å². The summed E-state index contributed by atoms with van der Waals surface area (Å²) in [6.07, 6.45) is -0.441. The van der Waals surface area contributed by atoms with Gasteiger partial charge in [0, 0.05) is 26.4 Å². The van der Waals surface area contributed by atoms with Crippen LogP contribution in [0, 0.1) is 0 Å². The highest BCUT2D eigenvalue weighted by molar-refractivity contribution is 7.80. The minimum absolute atomic E-state index is 0.00451. The SMILES string of the molecule is CC(=O)N[C@@H](C)C(=O)N[C@@H](CCCN=C(N)N)C(=O)N[C@@H](CCCCNC(=S)CCC(=O)O)C(=O)N[C@@H](CO)C(=O)N[C@H](C(N)=O)[C@@H](C)O. The lowest BCUT2D eigenvalue weighted by Gasteiger charge is -2.26. The van der Waals surface area contributed by atoms with E-state index in [0.717, 1.165) is 0 Å². The number of aliphatic hydroxyl groups is 2. The number of carboxylic acid groups (broad SMARTS) is 1. The van der Waals surface area contributed by atoms with Crippen molar-refractivity contribution >= 4 is 64.6 Å². The molecule has 6 amide bonds. The summed E-state index contributed by atoms with van der Waals surface area (Å²) >= 11 is 5.10. The minimum atomic E-state index is -1.62. The average molecular weight is 719 g/mol. The van der Waals surface area contributed by atoms with Crippen molar-refractivity contribution < 1.29 is 48.9 Å². The number of carbonyl (C=O) groups excluding carboxylic acids is 6. The molecule has 15 N–H and O–H groups in total. The molecular formula is C28H50N10O10S. The molecule has 21 heteroatoms. The molecule has 0 aromatic rings. The molecule has 0 aliphatic carbocycles. The molecule has 49 heavy (non-hydrogen) atoms. The molecule has 0 aromatic heterocycles. The molecule has 6 atom stereocenters. The summed E-state index contributed by atoms with van der Waals surface area (Å²) in [5, 5.41) is 43.2. The van der Waals surface area contributed by atoms with Crippen LogP contribution in [0.4, 0.5) is 0 Å². The van der Waals surface area contributed by atoms with Gasteiger partial charge < -0.3 is 64.4 Å². The van der Waals surface area contributed by atoms with Gasteiger partial charge in [0.25, 0.3) is 0 Å². The quantitative estimate of drug-likeness (QED) is 0.0193. The second-order valence-corrected chi connectivity index (χ2v) is 11.6. The van der Waals surface area contributed by atoms with Crippen molar-refractivity contribution in [3.05, 3.63) is 0 Å². The van der Waals surface area contributed by atoms with Crippen LogP contribution in [0.25, 0.3) is 0 Å². The monoisotopic (exact) mass is 718 g/mol. The van der Waals surface area contributed by atoms with E-state index in [-0.39, 0.29) is 44.6 Å². The van der Waals surface area contributed by atoms with Gasteiger partial charge in [-0.15, -0.1) is 0 Å². The molecule has 278 valence electrons. The van der Waals surface area contributed by atoms with E-state index in [1.54, 1.807) is 0 Å².